The molecule has 0 aliphatic rings. The van der Waals surface area contributed by atoms with Gasteiger partial charge < -0.3 is 9.73 Å². The molecule has 0 aliphatic carbocycles. The molecular formula is C18H12Cl2N4O. The fraction of sp³-hybridized carbons (Fsp3) is 0.0556. The van der Waals surface area contributed by atoms with Crippen LogP contribution in [0.4, 0.5) is 11.5 Å². The first-order valence-corrected chi connectivity index (χ1v) is 8.28. The number of benzene rings is 2. The van der Waals surface area contributed by atoms with E-state index >= 15 is 0 Å². The molecule has 124 valence electrons. The maximum atomic E-state index is 6.05. The van der Waals surface area contributed by atoms with Crippen molar-refractivity contribution in [3.63, 3.8) is 0 Å². The topological polar surface area (TPSA) is 63.8 Å². The minimum atomic E-state index is 0.409. The zero-order valence-corrected chi connectivity index (χ0v) is 14.6. The highest BCUT2D eigenvalue weighted by Gasteiger charge is 2.15. The van der Waals surface area contributed by atoms with Gasteiger partial charge >= 0.3 is 0 Å². The molecular weight excluding hydrogens is 359 g/mol. The van der Waals surface area contributed by atoms with Crippen molar-refractivity contribution in [3.05, 3.63) is 64.4 Å². The first-order valence-electron chi connectivity index (χ1n) is 7.52. The minimum absolute atomic E-state index is 0.409. The van der Waals surface area contributed by atoms with Crippen LogP contribution in [-0.4, -0.2) is 15.0 Å². The highest BCUT2D eigenvalue weighted by Crippen LogP contribution is 2.30. The van der Waals surface area contributed by atoms with Crippen molar-refractivity contribution >= 4 is 45.9 Å². The van der Waals surface area contributed by atoms with Crippen molar-refractivity contribution in [1.29, 1.82) is 0 Å². The molecule has 0 saturated heterocycles. The summed E-state index contributed by atoms with van der Waals surface area (Å²) >= 11 is 12.1. The summed E-state index contributed by atoms with van der Waals surface area (Å²) < 4.78 is 5.81. The summed E-state index contributed by atoms with van der Waals surface area (Å²) in [4.78, 5) is 13.3. The second kappa shape index (κ2) is 6.35. The molecule has 7 heteroatoms. The molecule has 2 aromatic carbocycles. The van der Waals surface area contributed by atoms with Crippen LogP contribution in [0.5, 0.6) is 0 Å². The van der Waals surface area contributed by atoms with Gasteiger partial charge in [-0.05, 0) is 43.3 Å². The van der Waals surface area contributed by atoms with Crippen molar-refractivity contribution < 1.29 is 4.42 Å². The van der Waals surface area contributed by atoms with E-state index in [2.05, 4.69) is 20.3 Å². The lowest BCUT2D eigenvalue weighted by molar-refractivity contribution is 0.606. The lowest BCUT2D eigenvalue weighted by Crippen LogP contribution is -1.98. The summed E-state index contributed by atoms with van der Waals surface area (Å²) in [6.45, 7) is 1.80. The maximum absolute atomic E-state index is 6.05. The van der Waals surface area contributed by atoms with Crippen LogP contribution in [0.2, 0.25) is 10.0 Å². The van der Waals surface area contributed by atoms with Gasteiger partial charge in [0, 0.05) is 21.3 Å². The van der Waals surface area contributed by atoms with E-state index in [-0.39, 0.29) is 0 Å². The Balaban J connectivity index is 1.82. The number of oxazole rings is 1. The van der Waals surface area contributed by atoms with Crippen molar-refractivity contribution in [2.75, 3.05) is 5.32 Å². The van der Waals surface area contributed by atoms with Gasteiger partial charge in [0.2, 0.25) is 5.89 Å². The summed E-state index contributed by atoms with van der Waals surface area (Å²) in [5.41, 5.74) is 2.53. The van der Waals surface area contributed by atoms with Gasteiger partial charge in [-0.15, -0.1) is 0 Å². The van der Waals surface area contributed by atoms with E-state index in [4.69, 9.17) is 27.6 Å². The highest BCUT2D eigenvalue weighted by molar-refractivity contribution is 6.31. The second-order valence-electron chi connectivity index (χ2n) is 5.44. The van der Waals surface area contributed by atoms with Crippen LogP contribution in [-0.2, 0) is 0 Å². The number of fused-ring (bicyclic) bond motifs is 1. The molecule has 0 spiro atoms. The lowest BCUT2D eigenvalue weighted by Gasteiger charge is -2.06. The first kappa shape index (κ1) is 15.9. The Morgan fingerprint density at radius 1 is 0.920 bits per heavy atom. The number of nitrogens with one attached hydrogen (secondary N) is 1. The average molecular weight is 371 g/mol. The molecule has 1 N–H and O–H groups in total. The highest BCUT2D eigenvalue weighted by atomic mass is 35.5. The van der Waals surface area contributed by atoms with Gasteiger partial charge in [-0.25, -0.2) is 9.97 Å². The summed E-state index contributed by atoms with van der Waals surface area (Å²) in [6, 6.07) is 14.7. The number of nitrogens with zero attached hydrogens (tertiary/aromatic N) is 3. The summed E-state index contributed by atoms with van der Waals surface area (Å²) in [5, 5.41) is 4.46. The first-order chi connectivity index (χ1) is 12.1. The third-order valence-corrected chi connectivity index (χ3v) is 4.00. The van der Waals surface area contributed by atoms with Crippen LogP contribution >= 0.6 is 23.2 Å². The molecule has 0 radical (unpaired) electrons. The minimum Gasteiger partial charge on any atom is -0.417 e. The predicted molar refractivity (Wildman–Crippen MR) is 99.5 cm³/mol. The molecule has 4 aromatic rings. The van der Waals surface area contributed by atoms with Gasteiger partial charge in [0.15, 0.2) is 11.3 Å². The lowest BCUT2D eigenvalue weighted by atomic mass is 10.2. The Bertz CT molecular complexity index is 1080. The van der Waals surface area contributed by atoms with Crippen molar-refractivity contribution in [3.8, 4) is 11.5 Å². The monoisotopic (exact) mass is 370 g/mol. The van der Waals surface area contributed by atoms with Crippen LogP contribution in [0.1, 0.15) is 5.82 Å². The number of aromatic nitrogens is 3. The fourth-order valence-corrected chi connectivity index (χ4v) is 2.84. The van der Waals surface area contributed by atoms with Crippen molar-refractivity contribution in [2.24, 2.45) is 0 Å². The van der Waals surface area contributed by atoms with Crippen LogP contribution in [0.15, 0.2) is 52.9 Å². The molecule has 0 saturated carbocycles. The fourth-order valence-electron chi connectivity index (χ4n) is 2.46. The molecule has 0 amide bonds. The summed E-state index contributed by atoms with van der Waals surface area (Å²) in [6.07, 6.45) is 0. The molecule has 0 aliphatic heterocycles. The average Bonchev–Trinajstić information content (AvgIpc) is 2.99. The van der Waals surface area contributed by atoms with Gasteiger partial charge in [0.25, 0.3) is 5.71 Å². The number of aryl methyl sites for hydroxylation is 1. The molecule has 2 heterocycles. The van der Waals surface area contributed by atoms with Gasteiger partial charge in [-0.3, -0.25) is 0 Å². The van der Waals surface area contributed by atoms with Gasteiger partial charge in [0.1, 0.15) is 5.82 Å². The maximum Gasteiger partial charge on any atom is 0.252 e. The van der Waals surface area contributed by atoms with E-state index in [0.29, 0.717) is 38.8 Å². The second-order valence-corrected chi connectivity index (χ2v) is 6.31. The Labute approximate surface area is 153 Å². The van der Waals surface area contributed by atoms with Crippen LogP contribution in [0, 0.1) is 6.92 Å². The van der Waals surface area contributed by atoms with Crippen LogP contribution in [0.3, 0.4) is 0 Å². The SMILES string of the molecule is Cc1nc(Nc2cccc(Cl)c2)c2nc(-c3cccc(Cl)c3)oc2n1. The third kappa shape index (κ3) is 3.29. The Morgan fingerprint density at radius 3 is 2.44 bits per heavy atom. The molecule has 0 atom stereocenters. The molecule has 2 aromatic heterocycles. The quantitative estimate of drug-likeness (QED) is 0.505. The molecule has 4 rings (SSSR count). The normalized spacial score (nSPS) is 11.0. The standard InChI is InChI=1S/C18H12Cl2N4O/c1-10-21-16(23-14-7-3-6-13(20)9-14)15-18(22-10)25-17(24-15)11-4-2-5-12(19)8-11/h2-9H,1H3,(H,21,22,23). The number of halogens is 2. The number of hydrogen-bond donors (Lipinski definition) is 1. The molecule has 0 fully saturated rings. The smallest absolute Gasteiger partial charge is 0.252 e. The van der Waals surface area contributed by atoms with Crippen molar-refractivity contribution in [1.82, 2.24) is 15.0 Å². The van der Waals surface area contributed by atoms with E-state index in [9.17, 15) is 0 Å². The molecule has 5 nitrogen and oxygen atoms in total. The summed E-state index contributed by atoms with van der Waals surface area (Å²) in [5.74, 6) is 1.57. The van der Waals surface area contributed by atoms with E-state index in [1.165, 1.54) is 0 Å². The zero-order chi connectivity index (χ0) is 17.4. The third-order valence-electron chi connectivity index (χ3n) is 3.53. The largest absolute Gasteiger partial charge is 0.417 e. The van der Waals surface area contributed by atoms with Gasteiger partial charge in [0.05, 0.1) is 0 Å². The molecule has 25 heavy (non-hydrogen) atoms. The number of hydrogen-bond acceptors (Lipinski definition) is 5. The van der Waals surface area contributed by atoms with Gasteiger partial charge in [-0.1, -0.05) is 35.3 Å². The Kier molecular flexibility index (Phi) is 4.03. The zero-order valence-electron chi connectivity index (χ0n) is 13.1. The van der Waals surface area contributed by atoms with E-state index < -0.39 is 0 Å². The van der Waals surface area contributed by atoms with Crippen LogP contribution < -0.4 is 5.32 Å². The number of anilines is 2. The summed E-state index contributed by atoms with van der Waals surface area (Å²) in [7, 11) is 0. The Morgan fingerprint density at radius 2 is 1.68 bits per heavy atom. The Hall–Kier alpha value is -2.63. The predicted octanol–water partition coefficient (Wildman–Crippen LogP) is 5.64. The van der Waals surface area contributed by atoms with E-state index in [0.717, 1.165) is 11.3 Å². The molecule has 0 bridgehead atoms. The van der Waals surface area contributed by atoms with Crippen molar-refractivity contribution in [2.45, 2.75) is 6.92 Å². The van der Waals surface area contributed by atoms with Crippen LogP contribution in [0.25, 0.3) is 22.7 Å². The number of rotatable bonds is 3. The van der Waals surface area contributed by atoms with E-state index in [1.54, 1.807) is 25.1 Å². The molecule has 0 unspecified atom stereocenters. The van der Waals surface area contributed by atoms with Gasteiger partial charge in [-0.2, -0.15) is 4.98 Å². The van der Waals surface area contributed by atoms with E-state index in [1.807, 2.05) is 30.3 Å².